The number of nitrogen functional groups attached to an aromatic ring is 1. The zero-order chi connectivity index (χ0) is 12.1. The van der Waals surface area contributed by atoms with E-state index in [0.29, 0.717) is 0 Å². The van der Waals surface area contributed by atoms with Gasteiger partial charge < -0.3 is 15.8 Å². The molecule has 0 unspecified atom stereocenters. The van der Waals surface area contributed by atoms with E-state index in [4.69, 9.17) is 10.5 Å². The third-order valence-electron chi connectivity index (χ3n) is 2.55. The van der Waals surface area contributed by atoms with Gasteiger partial charge in [-0.15, -0.1) is 11.3 Å². The van der Waals surface area contributed by atoms with E-state index in [1.54, 1.807) is 18.4 Å². The Balaban J connectivity index is 1.83. The van der Waals surface area contributed by atoms with E-state index >= 15 is 0 Å². The van der Waals surface area contributed by atoms with Crippen LogP contribution in [0.1, 0.15) is 10.4 Å². The van der Waals surface area contributed by atoms with Crippen molar-refractivity contribution in [1.29, 1.82) is 0 Å². The molecule has 0 saturated carbocycles. The van der Waals surface area contributed by atoms with Gasteiger partial charge in [0.15, 0.2) is 0 Å². The van der Waals surface area contributed by atoms with E-state index in [0.717, 1.165) is 24.5 Å². The number of nitrogens with two attached hydrogens (primary N) is 1. The van der Waals surface area contributed by atoms with E-state index in [-0.39, 0.29) is 0 Å². The Labute approximate surface area is 105 Å². The molecular weight excluding hydrogens is 232 g/mol. The fourth-order valence-corrected chi connectivity index (χ4v) is 2.33. The van der Waals surface area contributed by atoms with Crippen molar-refractivity contribution >= 4 is 17.0 Å². The third kappa shape index (κ3) is 3.22. The van der Waals surface area contributed by atoms with Gasteiger partial charge in [0.1, 0.15) is 5.75 Å². The van der Waals surface area contributed by atoms with E-state index in [2.05, 4.69) is 17.4 Å². The number of hydrogen-bond acceptors (Lipinski definition) is 4. The standard InChI is InChI=1S/C13H16N2OS/c1-16-11-4-2-10(3-5-11)8-15-9-13-12(14)6-7-17-13/h2-7,15H,8-9,14H2,1H3. The number of anilines is 1. The first-order valence-electron chi connectivity index (χ1n) is 5.45. The van der Waals surface area contributed by atoms with Crippen LogP contribution < -0.4 is 15.8 Å². The second-order valence-corrected chi connectivity index (χ2v) is 4.75. The maximum Gasteiger partial charge on any atom is 0.118 e. The summed E-state index contributed by atoms with van der Waals surface area (Å²) in [6.45, 7) is 1.65. The van der Waals surface area contributed by atoms with Gasteiger partial charge in [-0.1, -0.05) is 12.1 Å². The minimum atomic E-state index is 0.815. The lowest BCUT2D eigenvalue weighted by Gasteiger charge is -2.05. The first kappa shape index (κ1) is 12.0. The average Bonchev–Trinajstić information content (AvgIpc) is 2.76. The van der Waals surface area contributed by atoms with Crippen molar-refractivity contribution < 1.29 is 4.74 Å². The Hall–Kier alpha value is -1.52. The quantitative estimate of drug-likeness (QED) is 0.855. The van der Waals surface area contributed by atoms with Gasteiger partial charge in [0, 0.05) is 23.7 Å². The maximum absolute atomic E-state index is 5.81. The summed E-state index contributed by atoms with van der Waals surface area (Å²) in [6.07, 6.45) is 0. The van der Waals surface area contributed by atoms with Crippen LogP contribution in [0.5, 0.6) is 5.75 Å². The third-order valence-corrected chi connectivity index (χ3v) is 3.49. The number of hydrogen-bond donors (Lipinski definition) is 2. The predicted octanol–water partition coefficient (Wildman–Crippen LogP) is 2.63. The minimum absolute atomic E-state index is 0.815. The molecule has 4 heteroatoms. The molecule has 0 saturated heterocycles. The fourth-order valence-electron chi connectivity index (χ4n) is 1.56. The molecule has 1 aromatic heterocycles. The Morgan fingerprint density at radius 1 is 1.18 bits per heavy atom. The fraction of sp³-hybridized carbons (Fsp3) is 0.231. The number of benzene rings is 1. The Morgan fingerprint density at radius 3 is 2.53 bits per heavy atom. The van der Waals surface area contributed by atoms with E-state index in [9.17, 15) is 0 Å². The van der Waals surface area contributed by atoms with Crippen molar-refractivity contribution in [2.24, 2.45) is 0 Å². The van der Waals surface area contributed by atoms with Crippen LogP contribution in [0.15, 0.2) is 35.7 Å². The second-order valence-electron chi connectivity index (χ2n) is 3.75. The van der Waals surface area contributed by atoms with Gasteiger partial charge in [-0.05, 0) is 29.1 Å². The summed E-state index contributed by atoms with van der Waals surface area (Å²) >= 11 is 1.68. The molecule has 17 heavy (non-hydrogen) atoms. The Kier molecular flexibility index (Phi) is 4.01. The highest BCUT2D eigenvalue weighted by Crippen LogP contribution is 2.18. The van der Waals surface area contributed by atoms with Crippen molar-refractivity contribution in [3.05, 3.63) is 46.2 Å². The molecule has 3 N–H and O–H groups in total. The first-order chi connectivity index (χ1) is 8.29. The zero-order valence-corrected chi connectivity index (χ0v) is 10.6. The summed E-state index contributed by atoms with van der Waals surface area (Å²) in [6, 6.07) is 10.00. The molecule has 3 nitrogen and oxygen atoms in total. The molecule has 0 fully saturated rings. The summed E-state index contributed by atoms with van der Waals surface area (Å²) in [7, 11) is 1.67. The molecule has 2 rings (SSSR count). The Bertz CT molecular complexity index is 465. The highest BCUT2D eigenvalue weighted by atomic mass is 32.1. The molecule has 0 aliphatic carbocycles. The number of nitrogens with one attached hydrogen (secondary N) is 1. The van der Waals surface area contributed by atoms with Crippen molar-refractivity contribution in [3.63, 3.8) is 0 Å². The van der Waals surface area contributed by atoms with Crippen LogP contribution in [0.4, 0.5) is 5.69 Å². The van der Waals surface area contributed by atoms with Crippen LogP contribution in [-0.4, -0.2) is 7.11 Å². The second kappa shape index (κ2) is 5.70. The molecule has 90 valence electrons. The lowest BCUT2D eigenvalue weighted by Crippen LogP contribution is -2.12. The van der Waals surface area contributed by atoms with Crippen molar-refractivity contribution in [3.8, 4) is 5.75 Å². The first-order valence-corrected chi connectivity index (χ1v) is 6.33. The normalized spacial score (nSPS) is 10.4. The van der Waals surface area contributed by atoms with Gasteiger partial charge in [-0.25, -0.2) is 0 Å². The number of rotatable bonds is 5. The van der Waals surface area contributed by atoms with E-state index in [1.807, 2.05) is 23.6 Å². The molecule has 0 amide bonds. The van der Waals surface area contributed by atoms with Crippen LogP contribution in [0.25, 0.3) is 0 Å². The number of ether oxygens (including phenoxy) is 1. The van der Waals surface area contributed by atoms with Crippen LogP contribution in [-0.2, 0) is 13.1 Å². The molecule has 0 atom stereocenters. The Morgan fingerprint density at radius 2 is 1.94 bits per heavy atom. The SMILES string of the molecule is COc1ccc(CNCc2sccc2N)cc1. The highest BCUT2D eigenvalue weighted by Gasteiger charge is 2.00. The molecule has 1 aromatic carbocycles. The summed E-state index contributed by atoms with van der Waals surface area (Å²) in [5, 5.41) is 5.39. The molecule has 0 spiro atoms. The summed E-state index contributed by atoms with van der Waals surface area (Å²) in [5.74, 6) is 0.885. The zero-order valence-electron chi connectivity index (χ0n) is 9.77. The minimum Gasteiger partial charge on any atom is -0.497 e. The van der Waals surface area contributed by atoms with Gasteiger partial charge in [-0.2, -0.15) is 0 Å². The number of methoxy groups -OCH3 is 1. The number of thiophene rings is 1. The monoisotopic (exact) mass is 248 g/mol. The molecule has 0 bridgehead atoms. The van der Waals surface area contributed by atoms with Gasteiger partial charge in [0.2, 0.25) is 0 Å². The molecule has 0 radical (unpaired) electrons. The lowest BCUT2D eigenvalue weighted by molar-refractivity contribution is 0.414. The molecule has 0 aliphatic heterocycles. The summed E-state index contributed by atoms with van der Waals surface area (Å²) < 4.78 is 5.11. The van der Waals surface area contributed by atoms with E-state index < -0.39 is 0 Å². The molecule has 0 aliphatic rings. The van der Waals surface area contributed by atoms with Crippen LogP contribution >= 0.6 is 11.3 Å². The summed E-state index contributed by atoms with van der Waals surface area (Å²) in [4.78, 5) is 1.19. The van der Waals surface area contributed by atoms with Crippen LogP contribution in [0, 0.1) is 0 Å². The van der Waals surface area contributed by atoms with Gasteiger partial charge in [-0.3, -0.25) is 0 Å². The van der Waals surface area contributed by atoms with Crippen LogP contribution in [0.3, 0.4) is 0 Å². The topological polar surface area (TPSA) is 47.3 Å². The largest absolute Gasteiger partial charge is 0.497 e. The van der Waals surface area contributed by atoms with Crippen molar-refractivity contribution in [2.45, 2.75) is 13.1 Å². The maximum atomic E-state index is 5.81. The van der Waals surface area contributed by atoms with Gasteiger partial charge in [0.05, 0.1) is 7.11 Å². The molecule has 1 heterocycles. The smallest absolute Gasteiger partial charge is 0.118 e. The van der Waals surface area contributed by atoms with Crippen LogP contribution in [0.2, 0.25) is 0 Å². The van der Waals surface area contributed by atoms with Gasteiger partial charge >= 0.3 is 0 Å². The average molecular weight is 248 g/mol. The molecule has 2 aromatic rings. The lowest BCUT2D eigenvalue weighted by atomic mass is 10.2. The van der Waals surface area contributed by atoms with E-state index in [1.165, 1.54) is 10.4 Å². The summed E-state index contributed by atoms with van der Waals surface area (Å²) in [5.41, 5.74) is 7.92. The highest BCUT2D eigenvalue weighted by molar-refractivity contribution is 7.10. The van der Waals surface area contributed by atoms with Crippen molar-refractivity contribution in [2.75, 3.05) is 12.8 Å². The van der Waals surface area contributed by atoms with Crippen molar-refractivity contribution in [1.82, 2.24) is 5.32 Å². The predicted molar refractivity (Wildman–Crippen MR) is 72.3 cm³/mol. The molecular formula is C13H16N2OS. The van der Waals surface area contributed by atoms with Gasteiger partial charge in [0.25, 0.3) is 0 Å².